The maximum absolute atomic E-state index is 13.3. The molecule has 0 atom stereocenters. The molecule has 7 nitrogen and oxygen atoms in total. The second-order valence-corrected chi connectivity index (χ2v) is 9.05. The zero-order chi connectivity index (χ0) is 26.7. The van der Waals surface area contributed by atoms with Crippen molar-refractivity contribution < 1.29 is 14.3 Å². The second-order valence-electron chi connectivity index (χ2n) is 9.05. The Hall–Kier alpha value is -4.26. The van der Waals surface area contributed by atoms with Crippen LogP contribution >= 0.6 is 0 Å². The summed E-state index contributed by atoms with van der Waals surface area (Å²) in [7, 11) is 3.22. The number of benzene rings is 3. The molecule has 1 amide bonds. The molecule has 2 N–H and O–H groups in total. The van der Waals surface area contributed by atoms with Gasteiger partial charge in [0.05, 0.1) is 31.0 Å². The lowest BCUT2D eigenvalue weighted by Crippen LogP contribution is -2.30. The average molecular weight is 513 g/mol. The number of fused-ring (bicyclic) bond motifs is 1. The predicted molar refractivity (Wildman–Crippen MR) is 155 cm³/mol. The number of methoxy groups -OCH3 is 2. The summed E-state index contributed by atoms with van der Waals surface area (Å²) in [6, 6.07) is 25.4. The predicted octanol–water partition coefficient (Wildman–Crippen LogP) is 6.42. The first-order valence-corrected chi connectivity index (χ1v) is 13.1. The summed E-state index contributed by atoms with van der Waals surface area (Å²) in [5.41, 5.74) is 3.27. The van der Waals surface area contributed by atoms with Crippen LogP contribution in [0.15, 0.2) is 78.9 Å². The largest absolute Gasteiger partial charge is 0.497 e. The summed E-state index contributed by atoms with van der Waals surface area (Å²) in [4.78, 5) is 20.5. The lowest BCUT2D eigenvalue weighted by molar-refractivity contribution is 0.0955. The van der Waals surface area contributed by atoms with Crippen molar-refractivity contribution in [1.29, 1.82) is 0 Å². The van der Waals surface area contributed by atoms with E-state index in [2.05, 4.69) is 46.7 Å². The lowest BCUT2D eigenvalue weighted by Gasteiger charge is -2.25. The van der Waals surface area contributed by atoms with Crippen LogP contribution in [-0.4, -0.2) is 44.7 Å². The third-order valence-electron chi connectivity index (χ3n) is 6.43. The Kier molecular flexibility index (Phi) is 9.40. The van der Waals surface area contributed by atoms with Crippen molar-refractivity contribution in [3.63, 3.8) is 0 Å². The Morgan fingerprint density at radius 2 is 1.66 bits per heavy atom. The quantitative estimate of drug-likeness (QED) is 0.201. The zero-order valence-electron chi connectivity index (χ0n) is 22.4. The molecule has 0 bridgehead atoms. The van der Waals surface area contributed by atoms with Gasteiger partial charge in [-0.2, -0.15) is 0 Å². The van der Waals surface area contributed by atoms with Gasteiger partial charge in [-0.25, -0.2) is 4.98 Å². The molecule has 38 heavy (non-hydrogen) atoms. The molecule has 0 radical (unpaired) electrons. The highest BCUT2D eigenvalue weighted by Crippen LogP contribution is 2.32. The topological polar surface area (TPSA) is 75.7 Å². The molecule has 4 aromatic rings. The van der Waals surface area contributed by atoms with Gasteiger partial charge in [-0.15, -0.1) is 0 Å². The molecular weight excluding hydrogens is 476 g/mol. The molecule has 0 aliphatic heterocycles. The summed E-state index contributed by atoms with van der Waals surface area (Å²) in [6.45, 7) is 4.68. The number of anilines is 3. The van der Waals surface area contributed by atoms with Gasteiger partial charge in [0, 0.05) is 36.8 Å². The van der Waals surface area contributed by atoms with Crippen molar-refractivity contribution in [2.75, 3.05) is 44.1 Å². The van der Waals surface area contributed by atoms with Crippen molar-refractivity contribution in [2.45, 2.75) is 26.2 Å². The average Bonchev–Trinajstić information content (AvgIpc) is 2.96. The Labute approximate surface area is 224 Å². The summed E-state index contributed by atoms with van der Waals surface area (Å²) < 4.78 is 10.8. The van der Waals surface area contributed by atoms with Gasteiger partial charge in [-0.05, 0) is 49.2 Å². The van der Waals surface area contributed by atoms with Crippen molar-refractivity contribution in [3.8, 4) is 11.5 Å². The normalized spacial score (nSPS) is 10.7. The van der Waals surface area contributed by atoms with E-state index < -0.39 is 0 Å². The summed E-state index contributed by atoms with van der Waals surface area (Å²) in [6.07, 6.45) is 3.13. The van der Waals surface area contributed by atoms with Crippen LogP contribution in [0.3, 0.4) is 0 Å². The maximum atomic E-state index is 13.3. The SMILES string of the molecule is CCCCN(CCCNC(=O)c1cc(Nc2ccc(OC)cc2OC)nc2ccccc12)c1ccccc1. The van der Waals surface area contributed by atoms with Gasteiger partial charge in [-0.1, -0.05) is 49.7 Å². The van der Waals surface area contributed by atoms with E-state index >= 15 is 0 Å². The Balaban J connectivity index is 1.47. The van der Waals surface area contributed by atoms with Crippen molar-refractivity contribution in [2.24, 2.45) is 0 Å². The summed E-state index contributed by atoms with van der Waals surface area (Å²) in [5, 5.41) is 7.24. The van der Waals surface area contributed by atoms with Crippen molar-refractivity contribution >= 4 is 34.0 Å². The minimum absolute atomic E-state index is 0.117. The molecule has 1 heterocycles. The molecule has 0 saturated carbocycles. The van der Waals surface area contributed by atoms with Crippen LogP contribution in [0, 0.1) is 0 Å². The van der Waals surface area contributed by atoms with E-state index in [0.29, 0.717) is 29.4 Å². The maximum Gasteiger partial charge on any atom is 0.252 e. The van der Waals surface area contributed by atoms with E-state index in [9.17, 15) is 4.79 Å². The number of rotatable bonds is 13. The van der Waals surface area contributed by atoms with Gasteiger partial charge in [0.2, 0.25) is 0 Å². The van der Waals surface area contributed by atoms with E-state index in [1.54, 1.807) is 26.4 Å². The number of para-hydroxylation sites is 2. The van der Waals surface area contributed by atoms with Crippen LogP contribution in [0.25, 0.3) is 10.9 Å². The van der Waals surface area contributed by atoms with E-state index in [4.69, 9.17) is 14.5 Å². The molecule has 4 rings (SSSR count). The van der Waals surface area contributed by atoms with Gasteiger partial charge in [0.25, 0.3) is 5.91 Å². The highest BCUT2D eigenvalue weighted by atomic mass is 16.5. The van der Waals surface area contributed by atoms with Gasteiger partial charge < -0.3 is 25.0 Å². The minimum atomic E-state index is -0.117. The van der Waals surface area contributed by atoms with Gasteiger partial charge in [0.15, 0.2) is 0 Å². The fourth-order valence-electron chi connectivity index (χ4n) is 4.39. The Bertz CT molecular complexity index is 1340. The molecule has 0 unspecified atom stereocenters. The molecule has 198 valence electrons. The zero-order valence-corrected chi connectivity index (χ0v) is 22.4. The first-order valence-electron chi connectivity index (χ1n) is 13.1. The standard InChI is InChI=1S/C31H36N4O3/c1-4-5-19-35(23-12-7-6-8-13-23)20-11-18-32-31(36)26-22-30(33-27-15-10-9-14-25(26)27)34-28-17-16-24(37-2)21-29(28)38-3/h6-10,12-17,21-22H,4-5,11,18-20H2,1-3H3,(H,32,36)(H,33,34). The molecule has 0 saturated heterocycles. The number of aromatic nitrogens is 1. The van der Waals surface area contributed by atoms with Crippen LogP contribution in [0.4, 0.5) is 17.2 Å². The number of hydrogen-bond acceptors (Lipinski definition) is 6. The summed E-state index contributed by atoms with van der Waals surface area (Å²) >= 11 is 0. The van der Waals surface area contributed by atoms with Crippen LogP contribution in [0.5, 0.6) is 11.5 Å². The molecule has 0 aliphatic rings. The Morgan fingerprint density at radius 3 is 2.42 bits per heavy atom. The third kappa shape index (κ3) is 6.73. The number of hydrogen-bond donors (Lipinski definition) is 2. The molecule has 0 aliphatic carbocycles. The molecule has 0 spiro atoms. The number of pyridine rings is 1. The van der Waals surface area contributed by atoms with Gasteiger partial charge in [-0.3, -0.25) is 4.79 Å². The fourth-order valence-corrected chi connectivity index (χ4v) is 4.39. The van der Waals surface area contributed by atoms with Gasteiger partial charge >= 0.3 is 0 Å². The number of carbonyl (C=O) groups is 1. The number of unbranched alkanes of at least 4 members (excludes halogenated alkanes) is 1. The van der Waals surface area contributed by atoms with E-state index in [0.717, 1.165) is 48.9 Å². The van der Waals surface area contributed by atoms with Crippen molar-refractivity contribution in [1.82, 2.24) is 10.3 Å². The van der Waals surface area contributed by atoms with Crippen LogP contribution in [-0.2, 0) is 0 Å². The Morgan fingerprint density at radius 1 is 0.895 bits per heavy atom. The molecule has 1 aromatic heterocycles. The van der Waals surface area contributed by atoms with E-state index in [1.165, 1.54) is 5.69 Å². The number of nitrogens with one attached hydrogen (secondary N) is 2. The highest BCUT2D eigenvalue weighted by molar-refractivity contribution is 6.07. The third-order valence-corrected chi connectivity index (χ3v) is 6.43. The smallest absolute Gasteiger partial charge is 0.252 e. The van der Waals surface area contributed by atoms with Crippen LogP contribution < -0.4 is 25.0 Å². The fraction of sp³-hybridized carbons (Fsp3) is 0.290. The second kappa shape index (κ2) is 13.3. The first kappa shape index (κ1) is 26.8. The number of ether oxygens (including phenoxy) is 2. The van der Waals surface area contributed by atoms with E-state index in [-0.39, 0.29) is 5.91 Å². The van der Waals surface area contributed by atoms with Crippen LogP contribution in [0.2, 0.25) is 0 Å². The summed E-state index contributed by atoms with van der Waals surface area (Å²) in [5.74, 6) is 1.76. The molecule has 0 fully saturated rings. The van der Waals surface area contributed by atoms with Gasteiger partial charge in [0.1, 0.15) is 17.3 Å². The van der Waals surface area contributed by atoms with Crippen molar-refractivity contribution in [3.05, 3.63) is 84.4 Å². The minimum Gasteiger partial charge on any atom is -0.497 e. The number of carbonyl (C=O) groups excluding carboxylic acids is 1. The first-order chi connectivity index (χ1) is 18.6. The lowest BCUT2D eigenvalue weighted by atomic mass is 10.1. The van der Waals surface area contributed by atoms with Crippen LogP contribution in [0.1, 0.15) is 36.5 Å². The highest BCUT2D eigenvalue weighted by Gasteiger charge is 2.15. The molecular formula is C31H36N4O3. The van der Waals surface area contributed by atoms with E-state index in [1.807, 2.05) is 42.5 Å². The number of nitrogens with zero attached hydrogens (tertiary/aromatic N) is 2. The molecule has 7 heteroatoms. The molecule has 3 aromatic carbocycles. The monoisotopic (exact) mass is 512 g/mol. The number of amides is 1.